The summed E-state index contributed by atoms with van der Waals surface area (Å²) in [6, 6.07) is 13.5. The molecule has 0 saturated carbocycles. The first-order valence-corrected chi connectivity index (χ1v) is 9.00. The number of amides is 1. The fraction of sp³-hybridized carbons (Fsp3) is 0.200. The number of esters is 1. The van der Waals surface area contributed by atoms with Gasteiger partial charge in [0.15, 0.2) is 11.3 Å². The third-order valence-corrected chi connectivity index (χ3v) is 4.58. The van der Waals surface area contributed by atoms with E-state index in [0.717, 1.165) is 4.90 Å². The molecule has 0 spiro atoms. The number of ether oxygens (including phenoxy) is 1. The topological polar surface area (TPSA) is 131 Å². The summed E-state index contributed by atoms with van der Waals surface area (Å²) in [5.74, 6) is -2.68. The molecule has 154 valence electrons. The van der Waals surface area contributed by atoms with Crippen molar-refractivity contribution in [3.63, 3.8) is 0 Å². The van der Waals surface area contributed by atoms with Gasteiger partial charge in [0.2, 0.25) is 0 Å². The summed E-state index contributed by atoms with van der Waals surface area (Å²) in [5, 5.41) is 14.8. The smallest absolute Gasteiger partial charge is 0.338 e. The van der Waals surface area contributed by atoms with Crippen LogP contribution in [0.25, 0.3) is 0 Å². The molecule has 0 bridgehead atoms. The first kappa shape index (κ1) is 20.6. The van der Waals surface area contributed by atoms with Gasteiger partial charge in [-0.3, -0.25) is 30.0 Å². The average molecular weight is 410 g/mol. The minimum Gasteiger partial charge on any atom is -0.464 e. The molecule has 2 aromatic carbocycles. The van der Waals surface area contributed by atoms with Crippen LogP contribution in [0.3, 0.4) is 0 Å². The van der Waals surface area contributed by atoms with E-state index in [1.165, 1.54) is 31.2 Å². The highest BCUT2D eigenvalue weighted by Crippen LogP contribution is 2.33. The first-order chi connectivity index (χ1) is 14.3. The van der Waals surface area contributed by atoms with E-state index in [-0.39, 0.29) is 18.0 Å². The summed E-state index contributed by atoms with van der Waals surface area (Å²) in [6.07, 6.45) is 0. The first-order valence-electron chi connectivity index (χ1n) is 9.00. The Morgan fingerprint density at radius 3 is 2.37 bits per heavy atom. The van der Waals surface area contributed by atoms with Gasteiger partial charge in [0.05, 0.1) is 17.2 Å². The number of nitro groups is 1. The lowest BCUT2D eigenvalue weighted by molar-refractivity contribution is -0.384. The highest BCUT2D eigenvalue weighted by molar-refractivity contribution is 6.75. The number of hydrogen-bond donors (Lipinski definition) is 1. The van der Waals surface area contributed by atoms with Crippen molar-refractivity contribution in [1.82, 2.24) is 0 Å². The molecule has 10 heteroatoms. The van der Waals surface area contributed by atoms with Gasteiger partial charge in [-0.15, -0.1) is 0 Å². The molecule has 30 heavy (non-hydrogen) atoms. The van der Waals surface area contributed by atoms with Crippen LogP contribution in [-0.2, 0) is 19.1 Å². The van der Waals surface area contributed by atoms with E-state index in [0.29, 0.717) is 11.4 Å². The van der Waals surface area contributed by atoms with Crippen molar-refractivity contribution in [2.45, 2.75) is 19.4 Å². The summed E-state index contributed by atoms with van der Waals surface area (Å²) in [5.41, 5.74) is 1.01. The number of hydrogen-bond acceptors (Lipinski definition) is 8. The molecule has 1 fully saturated rings. The normalized spacial score (nSPS) is 19.8. The van der Waals surface area contributed by atoms with Crippen LogP contribution in [0.1, 0.15) is 13.8 Å². The molecule has 1 heterocycles. The lowest BCUT2D eigenvalue weighted by Crippen LogP contribution is -2.55. The zero-order valence-corrected chi connectivity index (χ0v) is 16.2. The Bertz CT molecular complexity index is 1040. The molecular formula is C20H18N4O6. The van der Waals surface area contributed by atoms with Crippen LogP contribution < -0.4 is 10.3 Å². The van der Waals surface area contributed by atoms with E-state index in [4.69, 9.17) is 4.74 Å². The number of nitrogens with one attached hydrogen (secondary N) is 1. The maximum atomic E-state index is 12.8. The standard InChI is InChI=1S/C20H18N4O6/c1-3-30-19(27)20(2)17(22-21-13-9-11-15(12-10-13)24(28)29)16(25)18(26)23(20)14-7-5-4-6-8-14/h4-12,21H,3H2,1-2H3/b22-17-. The summed E-state index contributed by atoms with van der Waals surface area (Å²) in [7, 11) is 0. The summed E-state index contributed by atoms with van der Waals surface area (Å²) >= 11 is 0. The highest BCUT2D eigenvalue weighted by Gasteiger charge is 2.60. The molecule has 1 aliphatic heterocycles. The number of non-ortho nitro benzene ring substituents is 1. The van der Waals surface area contributed by atoms with Crippen LogP contribution in [0, 0.1) is 10.1 Å². The van der Waals surface area contributed by atoms with Gasteiger partial charge in [-0.25, -0.2) is 4.79 Å². The maximum absolute atomic E-state index is 12.8. The van der Waals surface area contributed by atoms with Gasteiger partial charge < -0.3 is 4.74 Å². The van der Waals surface area contributed by atoms with Gasteiger partial charge in [-0.1, -0.05) is 18.2 Å². The van der Waals surface area contributed by atoms with Crippen molar-refractivity contribution in [3.05, 3.63) is 64.7 Å². The van der Waals surface area contributed by atoms with Crippen molar-refractivity contribution in [1.29, 1.82) is 0 Å². The number of carbonyl (C=O) groups is 3. The Morgan fingerprint density at radius 1 is 1.17 bits per heavy atom. The number of rotatable bonds is 6. The van der Waals surface area contributed by atoms with Gasteiger partial charge in [0.1, 0.15) is 0 Å². The molecule has 1 aliphatic rings. The Labute approximate surface area is 171 Å². The summed E-state index contributed by atoms with van der Waals surface area (Å²) in [6.45, 7) is 3.04. The molecule has 10 nitrogen and oxygen atoms in total. The highest BCUT2D eigenvalue weighted by atomic mass is 16.6. The molecule has 2 aromatic rings. The number of nitrogens with zero attached hydrogens (tertiary/aromatic N) is 3. The molecule has 0 aromatic heterocycles. The Hall–Kier alpha value is -4.08. The SMILES string of the molecule is CCOC(=O)C1(C)/C(=N\Nc2ccc([N+](=O)[O-])cc2)C(=O)C(=O)N1c1ccccc1. The zero-order chi connectivity index (χ0) is 21.9. The van der Waals surface area contributed by atoms with Crippen LogP contribution in [0.15, 0.2) is 59.7 Å². The monoisotopic (exact) mass is 410 g/mol. The number of hydrazone groups is 1. The number of ketones is 1. The largest absolute Gasteiger partial charge is 0.464 e. The minimum atomic E-state index is -1.79. The Morgan fingerprint density at radius 2 is 1.80 bits per heavy atom. The van der Waals surface area contributed by atoms with Crippen LogP contribution in [-0.4, -0.2) is 40.4 Å². The number of nitro benzene ring substituents is 1. The van der Waals surface area contributed by atoms with Crippen LogP contribution in [0.4, 0.5) is 17.1 Å². The third-order valence-electron chi connectivity index (χ3n) is 4.58. The van der Waals surface area contributed by atoms with Crippen molar-refractivity contribution in [2.75, 3.05) is 16.9 Å². The molecule has 1 unspecified atom stereocenters. The third kappa shape index (κ3) is 3.50. The second-order valence-electron chi connectivity index (χ2n) is 6.47. The fourth-order valence-electron chi connectivity index (χ4n) is 3.08. The van der Waals surface area contributed by atoms with Gasteiger partial charge in [0.25, 0.3) is 11.5 Å². The lowest BCUT2D eigenvalue weighted by Gasteiger charge is -2.31. The Balaban J connectivity index is 2.03. The summed E-state index contributed by atoms with van der Waals surface area (Å²) in [4.78, 5) is 49.6. The molecule has 1 amide bonds. The lowest BCUT2D eigenvalue weighted by atomic mass is 9.95. The van der Waals surface area contributed by atoms with E-state index < -0.39 is 28.1 Å². The van der Waals surface area contributed by atoms with E-state index >= 15 is 0 Å². The summed E-state index contributed by atoms with van der Waals surface area (Å²) < 4.78 is 5.13. The molecule has 0 aliphatic carbocycles. The number of Topliss-reactive ketones (excluding diaryl/α,β-unsaturated/α-hetero) is 1. The molecule has 3 rings (SSSR count). The number of carbonyl (C=O) groups excluding carboxylic acids is 3. The predicted octanol–water partition coefficient (Wildman–Crippen LogP) is 2.30. The van der Waals surface area contributed by atoms with Gasteiger partial charge >= 0.3 is 11.9 Å². The van der Waals surface area contributed by atoms with Crippen LogP contribution >= 0.6 is 0 Å². The van der Waals surface area contributed by atoms with E-state index in [9.17, 15) is 24.5 Å². The number of para-hydroxylation sites is 1. The predicted molar refractivity (Wildman–Crippen MR) is 108 cm³/mol. The number of benzene rings is 2. The van der Waals surface area contributed by atoms with E-state index in [2.05, 4.69) is 10.5 Å². The van der Waals surface area contributed by atoms with E-state index in [1.54, 1.807) is 37.3 Å². The van der Waals surface area contributed by atoms with Gasteiger partial charge in [0, 0.05) is 17.8 Å². The van der Waals surface area contributed by atoms with Gasteiger partial charge in [-0.05, 0) is 38.1 Å². The minimum absolute atomic E-state index is 0.0441. The van der Waals surface area contributed by atoms with Gasteiger partial charge in [-0.2, -0.15) is 5.10 Å². The molecule has 1 N–H and O–H groups in total. The van der Waals surface area contributed by atoms with Crippen LogP contribution in [0.2, 0.25) is 0 Å². The fourth-order valence-corrected chi connectivity index (χ4v) is 3.08. The molecule has 0 radical (unpaired) electrons. The maximum Gasteiger partial charge on any atom is 0.338 e. The van der Waals surface area contributed by atoms with Crippen molar-refractivity contribution < 1.29 is 24.0 Å². The second-order valence-corrected chi connectivity index (χ2v) is 6.47. The Kier molecular flexibility index (Phi) is 5.58. The average Bonchev–Trinajstić information content (AvgIpc) is 2.94. The molecule has 1 atom stereocenters. The second kappa shape index (κ2) is 8.11. The molecular weight excluding hydrogens is 392 g/mol. The van der Waals surface area contributed by atoms with Crippen molar-refractivity contribution in [2.24, 2.45) is 5.10 Å². The molecule has 1 saturated heterocycles. The quantitative estimate of drug-likeness (QED) is 0.334. The van der Waals surface area contributed by atoms with E-state index in [1.807, 2.05) is 0 Å². The van der Waals surface area contributed by atoms with Crippen LogP contribution in [0.5, 0.6) is 0 Å². The van der Waals surface area contributed by atoms with Crippen molar-refractivity contribution in [3.8, 4) is 0 Å². The number of anilines is 2. The van der Waals surface area contributed by atoms with Crippen molar-refractivity contribution >= 4 is 40.4 Å². The zero-order valence-electron chi connectivity index (χ0n) is 16.2.